The van der Waals surface area contributed by atoms with Gasteiger partial charge in [0.05, 0.1) is 14.9 Å². The summed E-state index contributed by atoms with van der Waals surface area (Å²) >= 11 is 6.46. The van der Waals surface area contributed by atoms with Gasteiger partial charge in [0.1, 0.15) is 10.0 Å². The first kappa shape index (κ1) is 16.2. The highest BCUT2D eigenvalue weighted by Gasteiger charge is 2.19. The van der Waals surface area contributed by atoms with E-state index in [1.165, 1.54) is 12.1 Å². The molecule has 0 aliphatic rings. The van der Waals surface area contributed by atoms with E-state index in [4.69, 9.17) is 16.7 Å². The van der Waals surface area contributed by atoms with Crippen molar-refractivity contribution in [1.29, 1.82) is 0 Å². The maximum atomic E-state index is 13.4. The van der Waals surface area contributed by atoms with Gasteiger partial charge in [0.2, 0.25) is 10.0 Å². The van der Waals surface area contributed by atoms with Crippen LogP contribution in [0.5, 0.6) is 0 Å². The average Bonchev–Trinajstić information content (AvgIpc) is 2.74. The van der Waals surface area contributed by atoms with Crippen LogP contribution in [0.1, 0.15) is 0 Å². The van der Waals surface area contributed by atoms with Gasteiger partial charge in [-0.2, -0.15) is 0 Å². The van der Waals surface area contributed by atoms with E-state index in [0.717, 1.165) is 23.5 Å². The van der Waals surface area contributed by atoms with E-state index in [1.54, 1.807) is 0 Å². The van der Waals surface area contributed by atoms with Crippen LogP contribution in [0.25, 0.3) is 0 Å². The Bertz CT molecular complexity index is 893. The minimum Gasteiger partial charge on any atom is -0.279 e. The lowest BCUT2D eigenvalue weighted by Crippen LogP contribution is -2.15. The predicted octanol–water partition coefficient (Wildman–Crippen LogP) is 1.99. The smallest absolute Gasteiger partial charge is 0.271 e. The lowest BCUT2D eigenvalue weighted by atomic mass is 10.3. The van der Waals surface area contributed by atoms with Crippen molar-refractivity contribution in [3.05, 3.63) is 40.5 Å². The zero-order valence-electron chi connectivity index (χ0n) is 10.1. The van der Waals surface area contributed by atoms with Gasteiger partial charge in [-0.05, 0) is 30.3 Å². The molecule has 0 saturated carbocycles. The summed E-state index contributed by atoms with van der Waals surface area (Å²) in [5, 5.41) is 4.89. The summed E-state index contributed by atoms with van der Waals surface area (Å²) in [6.45, 7) is 0. The van der Waals surface area contributed by atoms with E-state index in [2.05, 4.69) is 4.72 Å². The summed E-state index contributed by atoms with van der Waals surface area (Å²) < 4.78 is 62.0. The summed E-state index contributed by atoms with van der Waals surface area (Å²) in [5.41, 5.74) is -0.261. The van der Waals surface area contributed by atoms with Gasteiger partial charge in [-0.1, -0.05) is 11.6 Å². The highest BCUT2D eigenvalue weighted by molar-refractivity contribution is 7.94. The first-order chi connectivity index (χ1) is 9.58. The Hall–Kier alpha value is -1.20. The summed E-state index contributed by atoms with van der Waals surface area (Å²) in [7, 11) is -8.15. The predicted molar refractivity (Wildman–Crippen MR) is 77.9 cm³/mol. The molecule has 0 saturated heterocycles. The largest absolute Gasteiger partial charge is 0.279 e. The molecule has 0 amide bonds. The standard InChI is InChI=1S/C10H8ClFN2O4S3/c11-9-1-2-10(19-9)21(17,18)14-7-3-6(12)4-8(5-7)20(13,15)16/h1-5,14H,(H2,13,15,16). The molecule has 0 unspecified atom stereocenters. The second kappa shape index (κ2) is 5.54. The van der Waals surface area contributed by atoms with E-state index < -0.39 is 30.8 Å². The van der Waals surface area contributed by atoms with Gasteiger partial charge in [0.25, 0.3) is 10.0 Å². The topological polar surface area (TPSA) is 106 Å². The molecule has 2 aromatic rings. The molecule has 6 nitrogen and oxygen atoms in total. The van der Waals surface area contributed by atoms with Crippen LogP contribution in [-0.4, -0.2) is 16.8 Å². The van der Waals surface area contributed by atoms with Crippen molar-refractivity contribution in [3.63, 3.8) is 0 Å². The van der Waals surface area contributed by atoms with Gasteiger partial charge in [-0.25, -0.2) is 26.4 Å². The minimum atomic E-state index is -4.16. The van der Waals surface area contributed by atoms with Gasteiger partial charge in [0.15, 0.2) is 0 Å². The van der Waals surface area contributed by atoms with E-state index in [0.29, 0.717) is 6.07 Å². The number of hydrogen-bond acceptors (Lipinski definition) is 5. The number of halogens is 2. The number of thiophene rings is 1. The van der Waals surface area contributed by atoms with Crippen molar-refractivity contribution in [3.8, 4) is 0 Å². The Kier molecular flexibility index (Phi) is 4.26. The Labute approximate surface area is 129 Å². The van der Waals surface area contributed by atoms with Crippen LogP contribution in [0, 0.1) is 5.82 Å². The third-order valence-electron chi connectivity index (χ3n) is 2.27. The molecule has 11 heteroatoms. The van der Waals surface area contributed by atoms with E-state index in [1.807, 2.05) is 0 Å². The van der Waals surface area contributed by atoms with Gasteiger partial charge in [-0.3, -0.25) is 4.72 Å². The van der Waals surface area contributed by atoms with Crippen molar-refractivity contribution < 1.29 is 21.2 Å². The number of rotatable bonds is 4. The number of anilines is 1. The van der Waals surface area contributed by atoms with Gasteiger partial charge in [0, 0.05) is 0 Å². The van der Waals surface area contributed by atoms with Crippen LogP contribution in [0.3, 0.4) is 0 Å². The summed E-state index contributed by atoms with van der Waals surface area (Å²) in [5.74, 6) is -0.941. The second-order valence-electron chi connectivity index (χ2n) is 3.88. The highest BCUT2D eigenvalue weighted by atomic mass is 35.5. The summed E-state index contributed by atoms with van der Waals surface area (Å²) in [6, 6.07) is 5.11. The molecule has 1 aromatic heterocycles. The molecule has 0 fully saturated rings. The Morgan fingerprint density at radius 2 is 1.81 bits per heavy atom. The van der Waals surface area contributed by atoms with Crippen LogP contribution in [0.15, 0.2) is 39.4 Å². The fourth-order valence-electron chi connectivity index (χ4n) is 1.43. The molecule has 2 rings (SSSR count). The van der Waals surface area contributed by atoms with Gasteiger partial charge >= 0.3 is 0 Å². The summed E-state index contributed by atoms with van der Waals surface area (Å²) in [6.07, 6.45) is 0. The maximum Gasteiger partial charge on any atom is 0.271 e. The van der Waals surface area contributed by atoms with Gasteiger partial charge in [-0.15, -0.1) is 11.3 Å². The quantitative estimate of drug-likeness (QED) is 0.858. The first-order valence-corrected chi connectivity index (χ1v) is 9.42. The van der Waals surface area contributed by atoms with Crippen molar-refractivity contribution in [2.45, 2.75) is 9.10 Å². The second-order valence-corrected chi connectivity index (χ2v) is 9.07. The van der Waals surface area contributed by atoms with Gasteiger partial charge < -0.3 is 0 Å². The van der Waals surface area contributed by atoms with E-state index in [-0.39, 0.29) is 14.2 Å². The van der Waals surface area contributed by atoms with Crippen molar-refractivity contribution >= 4 is 48.7 Å². The number of nitrogens with two attached hydrogens (primary N) is 1. The zero-order valence-corrected chi connectivity index (χ0v) is 13.3. The molecule has 21 heavy (non-hydrogen) atoms. The highest BCUT2D eigenvalue weighted by Crippen LogP contribution is 2.28. The van der Waals surface area contributed by atoms with E-state index in [9.17, 15) is 21.2 Å². The molecule has 0 aliphatic carbocycles. The SMILES string of the molecule is NS(=O)(=O)c1cc(F)cc(NS(=O)(=O)c2ccc(Cl)s2)c1. The molecule has 1 heterocycles. The number of sulfonamides is 2. The molecule has 1 aromatic carbocycles. The van der Waals surface area contributed by atoms with Crippen molar-refractivity contribution in [2.24, 2.45) is 5.14 Å². The van der Waals surface area contributed by atoms with E-state index >= 15 is 0 Å². The number of hydrogen-bond donors (Lipinski definition) is 2. The third-order valence-corrected chi connectivity index (χ3v) is 6.26. The molecule has 114 valence electrons. The number of nitrogens with one attached hydrogen (secondary N) is 1. The molecule has 0 radical (unpaired) electrons. The molecular formula is C10H8ClFN2O4S3. The monoisotopic (exact) mass is 370 g/mol. The Balaban J connectivity index is 2.42. The molecule has 3 N–H and O–H groups in total. The van der Waals surface area contributed by atoms with Crippen LogP contribution < -0.4 is 9.86 Å². The fraction of sp³-hybridized carbons (Fsp3) is 0. The minimum absolute atomic E-state index is 0.0890. The number of primary sulfonamides is 1. The summed E-state index contributed by atoms with van der Waals surface area (Å²) in [4.78, 5) is -0.538. The lowest BCUT2D eigenvalue weighted by Gasteiger charge is -2.08. The normalized spacial score (nSPS) is 12.3. The molecule has 0 bridgehead atoms. The zero-order chi connectivity index (χ0) is 15.8. The van der Waals surface area contributed by atoms with Crippen LogP contribution in [0.2, 0.25) is 4.34 Å². The fourth-order valence-corrected chi connectivity index (χ4v) is 4.52. The van der Waals surface area contributed by atoms with Crippen LogP contribution >= 0.6 is 22.9 Å². The first-order valence-electron chi connectivity index (χ1n) is 5.19. The van der Waals surface area contributed by atoms with Crippen molar-refractivity contribution in [1.82, 2.24) is 0 Å². The van der Waals surface area contributed by atoms with Crippen molar-refractivity contribution in [2.75, 3.05) is 4.72 Å². The number of benzene rings is 1. The van der Waals surface area contributed by atoms with Crippen LogP contribution in [0.4, 0.5) is 10.1 Å². The average molecular weight is 371 g/mol. The third kappa shape index (κ3) is 3.92. The van der Waals surface area contributed by atoms with Crippen LogP contribution in [-0.2, 0) is 20.0 Å². The Morgan fingerprint density at radius 3 is 2.33 bits per heavy atom. The molecule has 0 aliphatic heterocycles. The molecule has 0 spiro atoms. The molecule has 0 atom stereocenters. The Morgan fingerprint density at radius 1 is 1.14 bits per heavy atom. The maximum absolute atomic E-state index is 13.4. The molecular weight excluding hydrogens is 363 g/mol. The lowest BCUT2D eigenvalue weighted by molar-refractivity contribution is 0.591.